The van der Waals surface area contributed by atoms with Gasteiger partial charge in [0.25, 0.3) is 0 Å². The predicted molar refractivity (Wildman–Crippen MR) is 51.5 cm³/mol. The first-order valence-corrected chi connectivity index (χ1v) is 4.77. The number of carboxylic acids is 1. The van der Waals surface area contributed by atoms with Crippen molar-refractivity contribution in [1.29, 1.82) is 0 Å². The molecule has 0 aliphatic heterocycles. The summed E-state index contributed by atoms with van der Waals surface area (Å²) in [5, 5.41) is 13.4. The average Bonchev–Trinajstić information content (AvgIpc) is 2.93. The van der Waals surface area contributed by atoms with Crippen LogP contribution in [0, 0.1) is 0 Å². The van der Waals surface area contributed by atoms with Crippen LogP contribution in [0.4, 0.5) is 0 Å². The van der Waals surface area contributed by atoms with Crippen LogP contribution < -0.4 is 0 Å². The highest BCUT2D eigenvalue weighted by atomic mass is 16.4. The molecule has 2 aromatic rings. The maximum atomic E-state index is 11.1. The van der Waals surface area contributed by atoms with E-state index < -0.39 is 11.4 Å². The molecule has 1 aliphatic carbocycles. The number of hydrogen-bond donors (Lipinski definition) is 1. The van der Waals surface area contributed by atoms with Crippen LogP contribution in [0.3, 0.4) is 0 Å². The minimum Gasteiger partial charge on any atom is -0.481 e. The van der Waals surface area contributed by atoms with Gasteiger partial charge in [0.1, 0.15) is 5.41 Å². The molecule has 0 spiro atoms. The van der Waals surface area contributed by atoms with Crippen molar-refractivity contribution in [1.82, 2.24) is 14.6 Å². The Hall–Kier alpha value is -1.91. The summed E-state index contributed by atoms with van der Waals surface area (Å²) in [6.45, 7) is 0. The van der Waals surface area contributed by atoms with E-state index in [0.717, 1.165) is 0 Å². The van der Waals surface area contributed by atoms with Gasteiger partial charge in [-0.2, -0.15) is 5.10 Å². The van der Waals surface area contributed by atoms with Crippen LogP contribution >= 0.6 is 0 Å². The molecule has 0 bridgehead atoms. The Balaban J connectivity index is 2.17. The molecule has 0 unspecified atom stereocenters. The van der Waals surface area contributed by atoms with Crippen molar-refractivity contribution < 1.29 is 9.90 Å². The molecular weight excluding hydrogens is 194 g/mol. The van der Waals surface area contributed by atoms with Crippen LogP contribution in [0.25, 0.3) is 5.65 Å². The topological polar surface area (TPSA) is 67.5 Å². The maximum Gasteiger partial charge on any atom is 0.315 e. The fourth-order valence-electron chi connectivity index (χ4n) is 1.77. The molecule has 0 radical (unpaired) electrons. The van der Waals surface area contributed by atoms with E-state index in [9.17, 15) is 4.79 Å². The summed E-state index contributed by atoms with van der Waals surface area (Å²) in [6, 6.07) is 3.52. The van der Waals surface area contributed by atoms with Crippen LogP contribution in [0.2, 0.25) is 0 Å². The molecule has 0 aromatic carbocycles. The smallest absolute Gasteiger partial charge is 0.315 e. The minimum atomic E-state index is -0.786. The molecule has 0 atom stereocenters. The van der Waals surface area contributed by atoms with Crippen LogP contribution in [0.1, 0.15) is 18.5 Å². The second-order valence-electron chi connectivity index (χ2n) is 3.84. The summed E-state index contributed by atoms with van der Waals surface area (Å²) in [5.41, 5.74) is 0.571. The zero-order chi connectivity index (χ0) is 10.5. The predicted octanol–water partition coefficient (Wildman–Crippen LogP) is 0.846. The lowest BCUT2D eigenvalue weighted by Gasteiger charge is -2.03. The Morgan fingerprint density at radius 3 is 2.93 bits per heavy atom. The third-order valence-corrected chi connectivity index (χ3v) is 2.89. The first-order chi connectivity index (χ1) is 7.22. The number of hydrogen-bond acceptors (Lipinski definition) is 3. The van der Waals surface area contributed by atoms with Crippen molar-refractivity contribution >= 4 is 11.6 Å². The zero-order valence-corrected chi connectivity index (χ0v) is 7.92. The van der Waals surface area contributed by atoms with E-state index in [1.54, 1.807) is 29.0 Å². The van der Waals surface area contributed by atoms with Crippen LogP contribution in [0.5, 0.6) is 0 Å². The Labute approximate surface area is 85.4 Å². The van der Waals surface area contributed by atoms with E-state index in [-0.39, 0.29) is 0 Å². The average molecular weight is 203 g/mol. The molecule has 1 saturated carbocycles. The van der Waals surface area contributed by atoms with Crippen molar-refractivity contribution in [3.8, 4) is 0 Å². The number of fused-ring (bicyclic) bond motifs is 1. The lowest BCUT2D eigenvalue weighted by molar-refractivity contribution is -0.140. The molecule has 2 heterocycles. The lowest BCUT2D eigenvalue weighted by atomic mass is 10.0. The normalized spacial score (nSPS) is 17.9. The molecule has 76 valence electrons. The SMILES string of the molecule is O=C(O)C1(c2cc3ncccn3n2)CC1. The largest absolute Gasteiger partial charge is 0.481 e. The van der Waals surface area contributed by atoms with E-state index in [0.29, 0.717) is 24.2 Å². The van der Waals surface area contributed by atoms with Gasteiger partial charge in [0.2, 0.25) is 0 Å². The van der Waals surface area contributed by atoms with Gasteiger partial charge in [0, 0.05) is 18.5 Å². The molecular formula is C10H9N3O2. The summed E-state index contributed by atoms with van der Waals surface area (Å²) >= 11 is 0. The van der Waals surface area contributed by atoms with Gasteiger partial charge in [0.15, 0.2) is 5.65 Å². The molecule has 5 nitrogen and oxygen atoms in total. The highest BCUT2D eigenvalue weighted by molar-refractivity contribution is 5.84. The van der Waals surface area contributed by atoms with Gasteiger partial charge in [-0.05, 0) is 18.9 Å². The summed E-state index contributed by atoms with van der Waals surface area (Å²) in [4.78, 5) is 15.2. The summed E-state index contributed by atoms with van der Waals surface area (Å²) in [7, 11) is 0. The maximum absolute atomic E-state index is 11.1. The Morgan fingerprint density at radius 1 is 1.53 bits per heavy atom. The van der Waals surface area contributed by atoms with Gasteiger partial charge in [0.05, 0.1) is 5.69 Å². The van der Waals surface area contributed by atoms with Gasteiger partial charge in [-0.25, -0.2) is 9.50 Å². The van der Waals surface area contributed by atoms with Crippen LogP contribution in [-0.2, 0) is 10.2 Å². The van der Waals surface area contributed by atoms with Crippen LogP contribution in [0.15, 0.2) is 24.5 Å². The molecule has 1 N–H and O–H groups in total. The van der Waals surface area contributed by atoms with Crippen molar-refractivity contribution in [3.05, 3.63) is 30.2 Å². The van der Waals surface area contributed by atoms with Gasteiger partial charge in [-0.3, -0.25) is 4.79 Å². The van der Waals surface area contributed by atoms with E-state index in [1.807, 2.05) is 0 Å². The second-order valence-corrected chi connectivity index (χ2v) is 3.84. The lowest BCUT2D eigenvalue weighted by Crippen LogP contribution is -2.20. The number of nitrogens with zero attached hydrogens (tertiary/aromatic N) is 3. The van der Waals surface area contributed by atoms with Gasteiger partial charge < -0.3 is 5.11 Å². The first kappa shape index (κ1) is 8.40. The van der Waals surface area contributed by atoms with Gasteiger partial charge in [-0.15, -0.1) is 0 Å². The van der Waals surface area contributed by atoms with E-state index >= 15 is 0 Å². The first-order valence-electron chi connectivity index (χ1n) is 4.77. The molecule has 15 heavy (non-hydrogen) atoms. The molecule has 2 aromatic heterocycles. The van der Waals surface area contributed by atoms with Gasteiger partial charge in [-0.1, -0.05) is 0 Å². The zero-order valence-electron chi connectivity index (χ0n) is 7.92. The fourth-order valence-corrected chi connectivity index (χ4v) is 1.77. The van der Waals surface area contributed by atoms with Crippen molar-refractivity contribution in [2.24, 2.45) is 0 Å². The summed E-state index contributed by atoms with van der Waals surface area (Å²) in [6.07, 6.45) is 4.78. The number of rotatable bonds is 2. The van der Waals surface area contributed by atoms with Crippen molar-refractivity contribution in [2.45, 2.75) is 18.3 Å². The van der Waals surface area contributed by atoms with E-state index in [1.165, 1.54) is 0 Å². The molecule has 1 aliphatic rings. The second kappa shape index (κ2) is 2.56. The van der Waals surface area contributed by atoms with Gasteiger partial charge >= 0.3 is 5.97 Å². The molecule has 1 fully saturated rings. The number of aliphatic carboxylic acids is 1. The highest BCUT2D eigenvalue weighted by Crippen LogP contribution is 2.47. The molecule has 0 saturated heterocycles. The number of carbonyl (C=O) groups is 1. The Bertz CT molecular complexity index is 509. The van der Waals surface area contributed by atoms with E-state index in [2.05, 4.69) is 10.1 Å². The van der Waals surface area contributed by atoms with Crippen molar-refractivity contribution in [3.63, 3.8) is 0 Å². The minimum absolute atomic E-state index is 0.619. The Kier molecular flexibility index (Phi) is 1.44. The molecule has 3 rings (SSSR count). The number of aromatic nitrogens is 3. The fraction of sp³-hybridized carbons (Fsp3) is 0.300. The van der Waals surface area contributed by atoms with Crippen LogP contribution in [-0.4, -0.2) is 25.7 Å². The van der Waals surface area contributed by atoms with E-state index in [4.69, 9.17) is 5.11 Å². The Morgan fingerprint density at radius 2 is 2.33 bits per heavy atom. The highest BCUT2D eigenvalue weighted by Gasteiger charge is 2.53. The number of carboxylic acid groups (broad SMARTS) is 1. The monoisotopic (exact) mass is 203 g/mol. The molecule has 0 amide bonds. The third-order valence-electron chi connectivity index (χ3n) is 2.89. The third kappa shape index (κ3) is 1.06. The summed E-state index contributed by atoms with van der Waals surface area (Å²) in [5.74, 6) is -0.786. The molecule has 5 heteroatoms. The quantitative estimate of drug-likeness (QED) is 0.785. The standard InChI is InChI=1S/C10H9N3O2/c14-9(15)10(2-3-10)7-6-8-11-4-1-5-13(8)12-7/h1,4-6H,2-3H2,(H,14,15). The van der Waals surface area contributed by atoms with Crippen molar-refractivity contribution in [2.75, 3.05) is 0 Å². The summed E-state index contributed by atoms with van der Waals surface area (Å²) < 4.78 is 1.61.